The summed E-state index contributed by atoms with van der Waals surface area (Å²) in [4.78, 5) is 21.2. The number of anilines is 1. The van der Waals surface area contributed by atoms with Crippen LogP contribution in [0.3, 0.4) is 0 Å². The lowest BCUT2D eigenvalue weighted by Gasteiger charge is -2.27. The average molecular weight is 267 g/mol. The number of primary amides is 1. The highest BCUT2D eigenvalue weighted by molar-refractivity contribution is 5.94. The number of para-hydroxylation sites is 1. The smallest absolute Gasteiger partial charge is 0.246 e. The van der Waals surface area contributed by atoms with E-state index in [1.54, 1.807) is 35.8 Å². The summed E-state index contributed by atoms with van der Waals surface area (Å²) >= 11 is 0. The van der Waals surface area contributed by atoms with E-state index in [0.717, 1.165) is 11.3 Å². The fourth-order valence-electron chi connectivity index (χ4n) is 2.08. The molecule has 0 saturated carbocycles. The van der Waals surface area contributed by atoms with E-state index in [1.165, 1.54) is 0 Å². The van der Waals surface area contributed by atoms with Gasteiger partial charge >= 0.3 is 0 Å². The number of nitrogens with zero attached hydrogens (tertiary/aromatic N) is 2. The van der Waals surface area contributed by atoms with Crippen LogP contribution in [0.4, 0.5) is 5.69 Å². The van der Waals surface area contributed by atoms with Gasteiger partial charge in [-0.05, 0) is 23.8 Å². The quantitative estimate of drug-likeness (QED) is 0.920. The zero-order valence-corrected chi connectivity index (χ0v) is 10.7. The van der Waals surface area contributed by atoms with E-state index < -0.39 is 5.91 Å². The van der Waals surface area contributed by atoms with E-state index in [-0.39, 0.29) is 0 Å². The first-order valence-corrected chi connectivity index (χ1v) is 6.19. The fraction of sp³-hybridized carbons (Fsp3) is 0.0667. The molecule has 2 N–H and O–H groups in total. The van der Waals surface area contributed by atoms with Crippen molar-refractivity contribution in [2.75, 3.05) is 5.06 Å². The van der Waals surface area contributed by atoms with E-state index in [2.05, 4.69) is 4.98 Å². The van der Waals surface area contributed by atoms with Crippen molar-refractivity contribution in [3.63, 3.8) is 0 Å². The van der Waals surface area contributed by atoms with Gasteiger partial charge in [-0.1, -0.05) is 18.2 Å². The van der Waals surface area contributed by atoms with E-state index in [9.17, 15) is 4.79 Å². The molecule has 1 aromatic carbocycles. The Kier molecular flexibility index (Phi) is 3.09. The molecule has 0 fully saturated rings. The second-order valence-electron chi connectivity index (χ2n) is 4.43. The summed E-state index contributed by atoms with van der Waals surface area (Å²) in [5, 5.41) is 1.55. The van der Waals surface area contributed by atoms with Crippen LogP contribution in [0.1, 0.15) is 5.56 Å². The molecule has 0 atom stereocenters. The molecule has 1 amide bonds. The first-order valence-electron chi connectivity index (χ1n) is 6.19. The van der Waals surface area contributed by atoms with Gasteiger partial charge in [-0.2, -0.15) is 5.06 Å². The number of hydroxylamine groups is 1. The predicted octanol–water partition coefficient (Wildman–Crippen LogP) is 1.81. The van der Waals surface area contributed by atoms with E-state index in [0.29, 0.717) is 17.7 Å². The standard InChI is InChI=1S/C15H13N3O2/c16-15(19)12-8-11-4-1-2-6-14(11)18(10-12)20-13-5-3-7-17-9-13/h1-7,9-10H,8H2,(H2,16,19). The first-order chi connectivity index (χ1) is 9.74. The number of amides is 1. The Balaban J connectivity index is 1.97. The van der Waals surface area contributed by atoms with Gasteiger partial charge in [0.2, 0.25) is 5.91 Å². The molecule has 20 heavy (non-hydrogen) atoms. The molecule has 2 heterocycles. The molecule has 5 nitrogen and oxygen atoms in total. The first kappa shape index (κ1) is 12.2. The fourth-order valence-corrected chi connectivity index (χ4v) is 2.08. The highest BCUT2D eigenvalue weighted by Gasteiger charge is 2.21. The summed E-state index contributed by atoms with van der Waals surface area (Å²) in [5.74, 6) is 0.142. The minimum Gasteiger partial charge on any atom is -0.374 e. The number of aromatic nitrogens is 1. The van der Waals surface area contributed by atoms with Crippen molar-refractivity contribution < 1.29 is 9.63 Å². The predicted molar refractivity (Wildman–Crippen MR) is 74.8 cm³/mol. The molecule has 1 aliphatic rings. The van der Waals surface area contributed by atoms with Gasteiger partial charge in [0.15, 0.2) is 5.75 Å². The van der Waals surface area contributed by atoms with Gasteiger partial charge in [0.1, 0.15) is 0 Å². The summed E-state index contributed by atoms with van der Waals surface area (Å²) in [6.45, 7) is 0. The number of carbonyl (C=O) groups excluding carboxylic acids is 1. The lowest BCUT2D eigenvalue weighted by Crippen LogP contribution is -2.29. The number of hydrogen-bond donors (Lipinski definition) is 1. The van der Waals surface area contributed by atoms with E-state index in [4.69, 9.17) is 10.6 Å². The number of hydrogen-bond acceptors (Lipinski definition) is 4. The maximum atomic E-state index is 11.4. The van der Waals surface area contributed by atoms with Crippen LogP contribution in [-0.4, -0.2) is 10.9 Å². The number of pyridine rings is 1. The van der Waals surface area contributed by atoms with E-state index >= 15 is 0 Å². The molecule has 1 aliphatic heterocycles. The van der Waals surface area contributed by atoms with Gasteiger partial charge in [0, 0.05) is 18.2 Å². The Bertz CT molecular complexity index is 668. The normalized spacial score (nSPS) is 13.4. The van der Waals surface area contributed by atoms with Gasteiger partial charge in [-0.15, -0.1) is 0 Å². The summed E-state index contributed by atoms with van der Waals surface area (Å²) < 4.78 is 0. The van der Waals surface area contributed by atoms with Crippen molar-refractivity contribution in [1.82, 2.24) is 4.98 Å². The monoisotopic (exact) mass is 267 g/mol. The largest absolute Gasteiger partial charge is 0.374 e. The Labute approximate surface area is 116 Å². The highest BCUT2D eigenvalue weighted by Crippen LogP contribution is 2.29. The van der Waals surface area contributed by atoms with Crippen molar-refractivity contribution in [1.29, 1.82) is 0 Å². The molecule has 1 aromatic heterocycles. The second-order valence-corrected chi connectivity index (χ2v) is 4.43. The Morgan fingerprint density at radius 3 is 2.85 bits per heavy atom. The second kappa shape index (κ2) is 5.05. The van der Waals surface area contributed by atoms with Crippen molar-refractivity contribution in [2.24, 2.45) is 5.73 Å². The van der Waals surface area contributed by atoms with Crippen LogP contribution in [0.15, 0.2) is 60.6 Å². The zero-order valence-electron chi connectivity index (χ0n) is 10.7. The number of carbonyl (C=O) groups is 1. The third kappa shape index (κ3) is 2.33. The van der Waals surface area contributed by atoms with E-state index in [1.807, 2.05) is 24.3 Å². The van der Waals surface area contributed by atoms with Gasteiger partial charge in [-0.3, -0.25) is 9.78 Å². The highest BCUT2D eigenvalue weighted by atomic mass is 16.7. The molecule has 0 spiro atoms. The molecular weight excluding hydrogens is 254 g/mol. The van der Waals surface area contributed by atoms with Crippen LogP contribution in [0, 0.1) is 0 Å². The minimum atomic E-state index is -0.445. The molecule has 2 aromatic rings. The molecule has 0 saturated heterocycles. The van der Waals surface area contributed by atoms with Crippen LogP contribution in [0.2, 0.25) is 0 Å². The molecule has 3 rings (SSSR count). The third-order valence-corrected chi connectivity index (χ3v) is 3.04. The Hall–Kier alpha value is -2.82. The molecule has 5 heteroatoms. The molecule has 0 radical (unpaired) electrons. The minimum absolute atomic E-state index is 0.445. The van der Waals surface area contributed by atoms with Gasteiger partial charge in [-0.25, -0.2) is 0 Å². The molecular formula is C15H13N3O2. The Morgan fingerprint density at radius 1 is 1.25 bits per heavy atom. The van der Waals surface area contributed by atoms with Crippen LogP contribution in [0.25, 0.3) is 0 Å². The molecule has 100 valence electrons. The van der Waals surface area contributed by atoms with Crippen molar-refractivity contribution in [3.05, 3.63) is 66.1 Å². The maximum Gasteiger partial charge on any atom is 0.246 e. The SMILES string of the molecule is NC(=O)C1=CN(Oc2cccnc2)c2ccccc2C1. The summed E-state index contributed by atoms with van der Waals surface area (Å²) in [7, 11) is 0. The lowest BCUT2D eigenvalue weighted by atomic mass is 10.0. The lowest BCUT2D eigenvalue weighted by molar-refractivity contribution is -0.114. The molecule has 0 aliphatic carbocycles. The maximum absolute atomic E-state index is 11.4. The van der Waals surface area contributed by atoms with Crippen molar-refractivity contribution in [2.45, 2.75) is 6.42 Å². The van der Waals surface area contributed by atoms with Crippen LogP contribution in [-0.2, 0) is 11.2 Å². The number of nitrogens with two attached hydrogens (primary N) is 1. The van der Waals surface area contributed by atoms with Crippen LogP contribution >= 0.6 is 0 Å². The van der Waals surface area contributed by atoms with Crippen LogP contribution in [0.5, 0.6) is 5.75 Å². The number of benzene rings is 1. The van der Waals surface area contributed by atoms with Gasteiger partial charge < -0.3 is 10.6 Å². The Morgan fingerprint density at radius 2 is 2.10 bits per heavy atom. The summed E-state index contributed by atoms with van der Waals surface area (Å²) in [6.07, 6.45) is 5.41. The zero-order chi connectivity index (χ0) is 13.9. The van der Waals surface area contributed by atoms with Gasteiger partial charge in [0.05, 0.1) is 18.1 Å². The topological polar surface area (TPSA) is 68.5 Å². The number of fused-ring (bicyclic) bond motifs is 1. The van der Waals surface area contributed by atoms with Crippen LogP contribution < -0.4 is 15.6 Å². The third-order valence-electron chi connectivity index (χ3n) is 3.04. The summed E-state index contributed by atoms with van der Waals surface area (Å²) in [6, 6.07) is 11.3. The molecule has 0 unspecified atom stereocenters. The average Bonchev–Trinajstić information content (AvgIpc) is 2.48. The number of rotatable bonds is 3. The van der Waals surface area contributed by atoms with Crippen molar-refractivity contribution in [3.8, 4) is 5.75 Å². The van der Waals surface area contributed by atoms with Crippen molar-refractivity contribution >= 4 is 11.6 Å². The summed E-state index contributed by atoms with van der Waals surface area (Å²) in [5.41, 5.74) is 7.77. The van der Waals surface area contributed by atoms with Gasteiger partial charge in [0.25, 0.3) is 0 Å². The molecule has 0 bridgehead atoms.